The van der Waals surface area contributed by atoms with E-state index >= 15 is 0 Å². The maximum Gasteiger partial charge on any atom is 0.308 e. The van der Waals surface area contributed by atoms with Crippen molar-refractivity contribution in [3.05, 3.63) is 88.9 Å². The van der Waals surface area contributed by atoms with Gasteiger partial charge in [-0.25, -0.2) is 0 Å². The Morgan fingerprint density at radius 2 is 1.79 bits per heavy atom. The number of carbonyl (C=O) groups excluding carboxylic acids is 5. The summed E-state index contributed by atoms with van der Waals surface area (Å²) in [6.45, 7) is 9.69. The lowest BCUT2D eigenvalue weighted by molar-refractivity contribution is -0.161. The number of esters is 2. The molecule has 1 saturated heterocycles. The second-order valence-electron chi connectivity index (χ2n) is 9.53. The number of benzene rings is 2. The Bertz CT molecular complexity index is 1380. The van der Waals surface area contributed by atoms with Gasteiger partial charge in [-0.15, -0.1) is 18.3 Å². The summed E-state index contributed by atoms with van der Waals surface area (Å²) in [5, 5.41) is 5.61. The number of nitrogens with zero attached hydrogens (tertiary/aromatic N) is 1. The molecular formula is C31H35N3O7S. The average molecular weight is 594 g/mol. The van der Waals surface area contributed by atoms with Crippen molar-refractivity contribution in [1.29, 1.82) is 0 Å². The highest BCUT2D eigenvalue weighted by atomic mass is 32.2. The van der Waals surface area contributed by atoms with Crippen molar-refractivity contribution in [2.75, 3.05) is 12.4 Å². The van der Waals surface area contributed by atoms with Crippen molar-refractivity contribution in [2.45, 2.75) is 52.3 Å². The third kappa shape index (κ3) is 8.10. The van der Waals surface area contributed by atoms with E-state index in [0.29, 0.717) is 10.5 Å². The number of ether oxygens (including phenoxy) is 2. The molecule has 3 rings (SSSR count). The van der Waals surface area contributed by atoms with Gasteiger partial charge in [-0.05, 0) is 38.0 Å². The molecule has 2 aromatic rings. The second-order valence-corrected chi connectivity index (χ2v) is 10.5. The molecule has 3 unspecified atom stereocenters. The maximum absolute atomic E-state index is 14.1. The Balaban J connectivity index is 2.02. The topological polar surface area (TPSA) is 131 Å². The van der Waals surface area contributed by atoms with Gasteiger partial charge < -0.3 is 25.0 Å². The van der Waals surface area contributed by atoms with E-state index in [1.54, 1.807) is 38.1 Å². The van der Waals surface area contributed by atoms with Crippen LogP contribution in [0, 0.1) is 6.92 Å². The minimum atomic E-state index is -1.45. The van der Waals surface area contributed by atoms with Crippen molar-refractivity contribution in [3.63, 3.8) is 0 Å². The minimum Gasteiger partial charge on any atom is -0.450 e. The lowest BCUT2D eigenvalue weighted by Crippen LogP contribution is -2.57. The summed E-state index contributed by atoms with van der Waals surface area (Å²) >= 11 is 1.33. The Morgan fingerprint density at radius 3 is 2.40 bits per heavy atom. The van der Waals surface area contributed by atoms with Crippen LogP contribution in [0.25, 0.3) is 0 Å². The van der Waals surface area contributed by atoms with E-state index in [9.17, 15) is 24.0 Å². The summed E-state index contributed by atoms with van der Waals surface area (Å²) in [6.07, 6.45) is 1.99. The van der Waals surface area contributed by atoms with Crippen LogP contribution in [-0.2, 0) is 30.3 Å². The van der Waals surface area contributed by atoms with Crippen LogP contribution in [0.3, 0.4) is 0 Å². The quantitative estimate of drug-likeness (QED) is 0.231. The molecule has 2 aromatic carbocycles. The summed E-state index contributed by atoms with van der Waals surface area (Å²) in [4.78, 5) is 66.7. The first-order chi connectivity index (χ1) is 20.1. The average Bonchev–Trinajstić information content (AvgIpc) is 3.39. The Kier molecular flexibility index (Phi) is 11.5. The summed E-state index contributed by atoms with van der Waals surface area (Å²) in [5.41, 5.74) is 1.42. The number of allylic oxidation sites excluding steroid dienone is 1. The number of nitrogens with one attached hydrogen (secondary N) is 2. The summed E-state index contributed by atoms with van der Waals surface area (Å²) in [6, 6.07) is 11.9. The van der Waals surface area contributed by atoms with Crippen LogP contribution in [0.4, 0.5) is 0 Å². The van der Waals surface area contributed by atoms with Crippen molar-refractivity contribution in [2.24, 2.45) is 0 Å². The van der Waals surface area contributed by atoms with Crippen molar-refractivity contribution in [3.8, 4) is 5.75 Å². The summed E-state index contributed by atoms with van der Waals surface area (Å²) in [7, 11) is 0. The third-order valence-corrected chi connectivity index (χ3v) is 7.69. The number of thioether (sulfide) groups is 1. The Labute approximate surface area is 249 Å². The lowest BCUT2D eigenvalue weighted by atomic mass is 9.98. The SMILES string of the molecule is C=CCNC(=O)C1/C(=C/C)SCN1C(=O)C(OC(C)=O)C(Cc1ccccc1)NC(=O)c1cccc(OC(C)=O)c1C. The largest absolute Gasteiger partial charge is 0.450 e. The molecule has 10 nitrogen and oxygen atoms in total. The standard InChI is InChI=1S/C31H35N3O7S/c1-6-16-32-30(38)27-26(7-2)42-18-34(27)31(39)28(41-21(5)36)24(17-22-12-9-8-10-13-22)33-29(37)23-14-11-15-25(19(23)3)40-20(4)35/h6-15,24,27-28H,1,16-18H2,2-5H3,(H,32,38)(H,33,37)/b26-7-. The second kappa shape index (κ2) is 15.0. The number of rotatable bonds is 11. The number of amides is 3. The van der Waals surface area contributed by atoms with Crippen LogP contribution in [0.15, 0.2) is 72.2 Å². The molecule has 1 heterocycles. The van der Waals surface area contributed by atoms with Gasteiger partial charge in [0.1, 0.15) is 11.8 Å². The lowest BCUT2D eigenvalue weighted by Gasteiger charge is -2.32. The van der Waals surface area contributed by atoms with Gasteiger partial charge in [0, 0.05) is 36.4 Å². The normalized spacial score (nSPS) is 16.7. The first kappa shape index (κ1) is 32.1. The van der Waals surface area contributed by atoms with E-state index in [0.717, 1.165) is 5.56 Å². The van der Waals surface area contributed by atoms with Crippen LogP contribution in [0.2, 0.25) is 0 Å². The Morgan fingerprint density at radius 1 is 1.07 bits per heavy atom. The fourth-order valence-electron chi connectivity index (χ4n) is 4.54. The number of carbonyl (C=O) groups is 5. The molecule has 0 saturated carbocycles. The minimum absolute atomic E-state index is 0.143. The molecule has 0 radical (unpaired) electrons. The number of hydrogen-bond donors (Lipinski definition) is 2. The smallest absolute Gasteiger partial charge is 0.308 e. The van der Waals surface area contributed by atoms with Gasteiger partial charge in [0.25, 0.3) is 11.8 Å². The molecule has 0 bridgehead atoms. The highest BCUT2D eigenvalue weighted by molar-refractivity contribution is 8.03. The van der Waals surface area contributed by atoms with Crippen LogP contribution in [-0.4, -0.2) is 65.2 Å². The molecule has 222 valence electrons. The highest BCUT2D eigenvalue weighted by Gasteiger charge is 2.44. The molecule has 3 atom stereocenters. The monoisotopic (exact) mass is 593 g/mol. The molecule has 0 aliphatic carbocycles. The molecule has 1 aliphatic heterocycles. The zero-order valence-corrected chi connectivity index (χ0v) is 24.9. The molecule has 1 fully saturated rings. The fourth-order valence-corrected chi connectivity index (χ4v) is 5.67. The van der Waals surface area contributed by atoms with Gasteiger partial charge in [-0.3, -0.25) is 24.0 Å². The van der Waals surface area contributed by atoms with E-state index in [-0.39, 0.29) is 30.2 Å². The molecule has 42 heavy (non-hydrogen) atoms. The van der Waals surface area contributed by atoms with E-state index in [2.05, 4.69) is 17.2 Å². The van der Waals surface area contributed by atoms with Crippen LogP contribution in [0.5, 0.6) is 5.75 Å². The van der Waals surface area contributed by atoms with Gasteiger partial charge in [-0.2, -0.15) is 0 Å². The van der Waals surface area contributed by atoms with E-state index in [1.165, 1.54) is 36.6 Å². The first-order valence-corrected chi connectivity index (χ1v) is 14.3. The molecular weight excluding hydrogens is 558 g/mol. The van der Waals surface area contributed by atoms with E-state index in [4.69, 9.17) is 9.47 Å². The molecule has 1 aliphatic rings. The van der Waals surface area contributed by atoms with Crippen LogP contribution < -0.4 is 15.4 Å². The zero-order chi connectivity index (χ0) is 30.8. The van der Waals surface area contributed by atoms with Gasteiger partial charge in [0.15, 0.2) is 0 Å². The molecule has 2 N–H and O–H groups in total. The molecule has 11 heteroatoms. The first-order valence-electron chi connectivity index (χ1n) is 13.4. The predicted octanol–water partition coefficient (Wildman–Crippen LogP) is 3.30. The highest BCUT2D eigenvalue weighted by Crippen LogP contribution is 2.34. The van der Waals surface area contributed by atoms with Gasteiger partial charge in [0.05, 0.1) is 11.9 Å². The molecule has 0 aromatic heterocycles. The van der Waals surface area contributed by atoms with Crippen LogP contribution >= 0.6 is 11.8 Å². The van der Waals surface area contributed by atoms with Gasteiger partial charge in [0.2, 0.25) is 12.0 Å². The molecule has 3 amide bonds. The number of hydrogen-bond acceptors (Lipinski definition) is 8. The van der Waals surface area contributed by atoms with Crippen molar-refractivity contribution < 1.29 is 33.4 Å². The predicted molar refractivity (Wildman–Crippen MR) is 159 cm³/mol. The van der Waals surface area contributed by atoms with Crippen molar-refractivity contribution >= 4 is 41.4 Å². The van der Waals surface area contributed by atoms with Crippen LogP contribution in [0.1, 0.15) is 42.3 Å². The van der Waals surface area contributed by atoms with Gasteiger partial charge in [-0.1, -0.05) is 48.6 Å². The maximum atomic E-state index is 14.1. The third-order valence-electron chi connectivity index (χ3n) is 6.49. The molecule has 0 spiro atoms. The fraction of sp³-hybridized carbons (Fsp3) is 0.323. The van der Waals surface area contributed by atoms with E-state index < -0.39 is 47.8 Å². The zero-order valence-electron chi connectivity index (χ0n) is 24.0. The van der Waals surface area contributed by atoms with E-state index in [1.807, 2.05) is 30.3 Å². The summed E-state index contributed by atoms with van der Waals surface area (Å²) < 4.78 is 10.8. The van der Waals surface area contributed by atoms with Gasteiger partial charge >= 0.3 is 11.9 Å². The Hall–Kier alpha value is -4.38. The van der Waals surface area contributed by atoms with Crippen molar-refractivity contribution in [1.82, 2.24) is 15.5 Å². The summed E-state index contributed by atoms with van der Waals surface area (Å²) in [5.74, 6) is -2.46.